The molecule has 1 nitrogen and oxygen atoms in total. The maximum absolute atomic E-state index is 3.79. The fourth-order valence-corrected chi connectivity index (χ4v) is 3.42. The molecule has 0 saturated heterocycles. The molecule has 0 spiro atoms. The molecule has 1 fully saturated rings. The fraction of sp³-hybridized carbons (Fsp3) is 0.556. The highest BCUT2D eigenvalue weighted by atomic mass is 28.3. The van der Waals surface area contributed by atoms with Crippen molar-refractivity contribution in [2.45, 2.75) is 57.9 Å². The molecule has 0 aliphatic heterocycles. The van der Waals surface area contributed by atoms with E-state index in [1.807, 2.05) is 0 Å². The first-order valence-corrected chi connectivity index (χ1v) is 11.3. The zero-order valence-electron chi connectivity index (χ0n) is 13.2. The van der Waals surface area contributed by atoms with Crippen LogP contribution in [-0.4, -0.2) is 14.1 Å². The van der Waals surface area contributed by atoms with Crippen molar-refractivity contribution in [3.05, 3.63) is 35.9 Å². The van der Waals surface area contributed by atoms with Crippen molar-refractivity contribution < 1.29 is 0 Å². The van der Waals surface area contributed by atoms with Crippen LogP contribution in [0.3, 0.4) is 0 Å². The normalized spacial score (nSPS) is 24.0. The SMILES string of the molecule is C[C@@H](NC1CCCC1C#C[Si](C)(C)C)c1ccccc1. The third kappa shape index (κ3) is 4.51. The molecule has 2 heteroatoms. The molecule has 1 aliphatic carbocycles. The maximum Gasteiger partial charge on any atom is 0.129 e. The van der Waals surface area contributed by atoms with Crippen LogP contribution in [0.15, 0.2) is 30.3 Å². The summed E-state index contributed by atoms with van der Waals surface area (Å²) < 4.78 is 0. The lowest BCUT2D eigenvalue weighted by molar-refractivity contribution is 0.420. The summed E-state index contributed by atoms with van der Waals surface area (Å²) >= 11 is 0. The van der Waals surface area contributed by atoms with Crippen LogP contribution in [0.2, 0.25) is 19.6 Å². The summed E-state index contributed by atoms with van der Waals surface area (Å²) in [4.78, 5) is 0. The summed E-state index contributed by atoms with van der Waals surface area (Å²) in [6, 6.07) is 11.7. The molecular formula is C18H27NSi. The quantitative estimate of drug-likeness (QED) is 0.641. The first-order valence-electron chi connectivity index (χ1n) is 7.79. The zero-order valence-corrected chi connectivity index (χ0v) is 14.2. The number of nitrogens with one attached hydrogen (secondary N) is 1. The molecule has 0 heterocycles. The van der Waals surface area contributed by atoms with Crippen molar-refractivity contribution >= 4 is 8.07 Å². The van der Waals surface area contributed by atoms with Gasteiger partial charge in [0.1, 0.15) is 8.07 Å². The van der Waals surface area contributed by atoms with Gasteiger partial charge in [0, 0.05) is 18.0 Å². The Kier molecular flexibility index (Phi) is 5.07. The fourth-order valence-electron chi connectivity index (χ4n) is 2.80. The highest BCUT2D eigenvalue weighted by Gasteiger charge is 2.27. The van der Waals surface area contributed by atoms with Crippen molar-refractivity contribution in [3.8, 4) is 11.5 Å². The minimum Gasteiger partial charge on any atom is -0.306 e. The van der Waals surface area contributed by atoms with Crippen LogP contribution in [0.1, 0.15) is 37.8 Å². The summed E-state index contributed by atoms with van der Waals surface area (Å²) in [5.41, 5.74) is 4.93. The smallest absolute Gasteiger partial charge is 0.129 e. The molecular weight excluding hydrogens is 258 g/mol. The Morgan fingerprint density at radius 1 is 1.15 bits per heavy atom. The van der Waals surface area contributed by atoms with Crippen molar-refractivity contribution in [2.75, 3.05) is 0 Å². The zero-order chi connectivity index (χ0) is 14.6. The second-order valence-corrected chi connectivity index (χ2v) is 11.7. The lowest BCUT2D eigenvalue weighted by Gasteiger charge is -2.23. The molecule has 1 saturated carbocycles. The van der Waals surface area contributed by atoms with Gasteiger partial charge < -0.3 is 5.32 Å². The van der Waals surface area contributed by atoms with Crippen molar-refractivity contribution in [3.63, 3.8) is 0 Å². The lowest BCUT2D eigenvalue weighted by atomic mass is 10.0. The number of hydrogen-bond donors (Lipinski definition) is 1. The van der Waals surface area contributed by atoms with Crippen LogP contribution in [-0.2, 0) is 0 Å². The van der Waals surface area contributed by atoms with Gasteiger partial charge in [-0.2, -0.15) is 0 Å². The number of rotatable bonds is 3. The number of hydrogen-bond acceptors (Lipinski definition) is 1. The Balaban J connectivity index is 1.99. The van der Waals surface area contributed by atoms with Gasteiger partial charge in [-0.25, -0.2) is 0 Å². The van der Waals surface area contributed by atoms with Crippen LogP contribution in [0.5, 0.6) is 0 Å². The van der Waals surface area contributed by atoms with E-state index in [0.717, 1.165) is 0 Å². The molecule has 1 aromatic carbocycles. The molecule has 20 heavy (non-hydrogen) atoms. The van der Waals surface area contributed by atoms with E-state index in [-0.39, 0.29) is 0 Å². The first-order chi connectivity index (χ1) is 9.46. The van der Waals surface area contributed by atoms with Gasteiger partial charge in [0.25, 0.3) is 0 Å². The molecule has 2 rings (SSSR count). The average molecular weight is 286 g/mol. The molecule has 1 aromatic rings. The predicted octanol–water partition coefficient (Wildman–Crippen LogP) is 4.39. The minimum atomic E-state index is -1.25. The van der Waals surface area contributed by atoms with Crippen molar-refractivity contribution in [1.29, 1.82) is 0 Å². The largest absolute Gasteiger partial charge is 0.306 e. The van der Waals surface area contributed by atoms with E-state index in [1.165, 1.54) is 24.8 Å². The Hall–Kier alpha value is -1.04. The van der Waals surface area contributed by atoms with Crippen molar-refractivity contribution in [1.82, 2.24) is 5.32 Å². The molecule has 2 unspecified atom stereocenters. The van der Waals surface area contributed by atoms with E-state index < -0.39 is 8.07 Å². The lowest BCUT2D eigenvalue weighted by Crippen LogP contribution is -2.34. The summed E-state index contributed by atoms with van der Waals surface area (Å²) in [6.07, 6.45) is 3.84. The molecule has 0 bridgehead atoms. The Bertz CT molecular complexity index is 478. The molecule has 3 atom stereocenters. The predicted molar refractivity (Wildman–Crippen MR) is 90.2 cm³/mol. The van der Waals surface area contributed by atoms with Crippen LogP contribution >= 0.6 is 0 Å². The standard InChI is InChI=1S/C18H27NSi/c1-15(16-9-6-5-7-10-16)19-18-12-8-11-17(18)13-14-20(2,3)4/h5-7,9-10,15,17-19H,8,11-12H2,1-4H3/t15-,17?,18?/m1/s1. The summed E-state index contributed by atoms with van der Waals surface area (Å²) in [6.45, 7) is 9.23. The topological polar surface area (TPSA) is 12.0 Å². The highest BCUT2D eigenvalue weighted by Crippen LogP contribution is 2.27. The summed E-state index contributed by atoms with van der Waals surface area (Å²) in [7, 11) is -1.25. The van der Waals surface area contributed by atoms with Gasteiger partial charge in [-0.05, 0) is 25.3 Å². The Morgan fingerprint density at radius 2 is 1.85 bits per heavy atom. The van der Waals surface area contributed by atoms with E-state index in [4.69, 9.17) is 0 Å². The molecule has 0 radical (unpaired) electrons. The third-order valence-electron chi connectivity index (χ3n) is 3.91. The van der Waals surface area contributed by atoms with Gasteiger partial charge >= 0.3 is 0 Å². The Labute approximate surface area is 125 Å². The molecule has 1 N–H and O–H groups in total. The second-order valence-electron chi connectivity index (χ2n) is 6.96. The summed E-state index contributed by atoms with van der Waals surface area (Å²) in [5.74, 6) is 4.13. The molecule has 0 aromatic heterocycles. The van der Waals surface area contributed by atoms with Crippen LogP contribution in [0.25, 0.3) is 0 Å². The molecule has 1 aliphatic rings. The van der Waals surface area contributed by atoms with Crippen LogP contribution in [0.4, 0.5) is 0 Å². The average Bonchev–Trinajstić information content (AvgIpc) is 2.84. The monoisotopic (exact) mass is 285 g/mol. The minimum absolute atomic E-state index is 0.412. The van der Waals surface area contributed by atoms with Crippen molar-refractivity contribution in [2.24, 2.45) is 5.92 Å². The van der Waals surface area contributed by atoms with Gasteiger partial charge in [-0.15, -0.1) is 11.5 Å². The van der Waals surface area contributed by atoms with Gasteiger partial charge in [0.15, 0.2) is 0 Å². The second kappa shape index (κ2) is 6.61. The van der Waals surface area contributed by atoms with Gasteiger partial charge in [0.05, 0.1) is 0 Å². The van der Waals surface area contributed by atoms with E-state index in [2.05, 4.69) is 73.7 Å². The highest BCUT2D eigenvalue weighted by molar-refractivity contribution is 6.83. The van der Waals surface area contributed by atoms with E-state index in [1.54, 1.807) is 0 Å². The molecule has 108 valence electrons. The van der Waals surface area contributed by atoms with Gasteiger partial charge in [-0.3, -0.25) is 0 Å². The Morgan fingerprint density at radius 3 is 2.50 bits per heavy atom. The van der Waals surface area contributed by atoms with Crippen LogP contribution < -0.4 is 5.32 Å². The third-order valence-corrected chi connectivity index (χ3v) is 4.81. The van der Waals surface area contributed by atoms with E-state index in [0.29, 0.717) is 18.0 Å². The van der Waals surface area contributed by atoms with E-state index in [9.17, 15) is 0 Å². The van der Waals surface area contributed by atoms with Gasteiger partial charge in [-0.1, -0.05) is 56.4 Å². The molecule has 0 amide bonds. The first kappa shape index (κ1) is 15.3. The number of benzene rings is 1. The summed E-state index contributed by atoms with van der Waals surface area (Å²) in [5, 5.41) is 3.79. The van der Waals surface area contributed by atoms with Gasteiger partial charge in [0.2, 0.25) is 0 Å². The maximum atomic E-state index is 3.79. The van der Waals surface area contributed by atoms with E-state index >= 15 is 0 Å². The van der Waals surface area contributed by atoms with Crippen LogP contribution in [0, 0.1) is 17.4 Å².